The van der Waals surface area contributed by atoms with Gasteiger partial charge in [0.15, 0.2) is 0 Å². The molecular formula is C19H30N2O2. The van der Waals surface area contributed by atoms with Crippen LogP contribution in [0, 0.1) is 11.3 Å². The average Bonchev–Trinajstić information content (AvgIpc) is 2.47. The second kappa shape index (κ2) is 7.82. The van der Waals surface area contributed by atoms with Crippen molar-refractivity contribution in [3.63, 3.8) is 0 Å². The van der Waals surface area contributed by atoms with Gasteiger partial charge < -0.3 is 15.4 Å². The molecule has 23 heavy (non-hydrogen) atoms. The molecule has 1 atom stereocenters. The number of ether oxygens (including phenoxy) is 1. The lowest BCUT2D eigenvalue weighted by Gasteiger charge is -2.38. The molecule has 1 fully saturated rings. The maximum absolute atomic E-state index is 11.8. The molecule has 0 heterocycles. The SMILES string of the molecule is CC(CNC1CC(NC(=O)OCc2ccccc2)C1)C(C)(C)C. The van der Waals surface area contributed by atoms with Crippen LogP contribution in [0.2, 0.25) is 0 Å². The van der Waals surface area contributed by atoms with Gasteiger partial charge in [0.05, 0.1) is 0 Å². The van der Waals surface area contributed by atoms with Gasteiger partial charge in [0.2, 0.25) is 0 Å². The monoisotopic (exact) mass is 318 g/mol. The van der Waals surface area contributed by atoms with Crippen LogP contribution in [0.1, 0.15) is 46.1 Å². The molecular weight excluding hydrogens is 288 g/mol. The highest BCUT2D eigenvalue weighted by Gasteiger charge is 2.31. The van der Waals surface area contributed by atoms with Crippen molar-refractivity contribution in [1.82, 2.24) is 10.6 Å². The first kappa shape index (κ1) is 17.8. The van der Waals surface area contributed by atoms with Crippen LogP contribution in [0.25, 0.3) is 0 Å². The van der Waals surface area contributed by atoms with Crippen LogP contribution in [-0.4, -0.2) is 24.7 Å². The highest BCUT2D eigenvalue weighted by Crippen LogP contribution is 2.26. The van der Waals surface area contributed by atoms with Crippen LogP contribution in [0.15, 0.2) is 30.3 Å². The number of rotatable bonds is 6. The first-order valence-electron chi connectivity index (χ1n) is 8.55. The molecule has 4 nitrogen and oxygen atoms in total. The van der Waals surface area contributed by atoms with Gasteiger partial charge in [-0.3, -0.25) is 0 Å². The summed E-state index contributed by atoms with van der Waals surface area (Å²) in [6.45, 7) is 10.4. The van der Waals surface area contributed by atoms with Crippen LogP contribution in [0.5, 0.6) is 0 Å². The lowest BCUT2D eigenvalue weighted by atomic mass is 9.81. The van der Waals surface area contributed by atoms with Crippen molar-refractivity contribution >= 4 is 6.09 Å². The summed E-state index contributed by atoms with van der Waals surface area (Å²) in [7, 11) is 0. The number of alkyl carbamates (subject to hydrolysis) is 1. The standard InChI is InChI=1S/C19H30N2O2/c1-14(19(2,3)4)12-20-16-10-17(11-16)21-18(22)23-13-15-8-6-5-7-9-15/h5-9,14,16-17,20H,10-13H2,1-4H3,(H,21,22). The lowest BCUT2D eigenvalue weighted by Crippen LogP contribution is -2.53. The molecule has 0 saturated heterocycles. The fourth-order valence-electron chi connectivity index (χ4n) is 2.48. The number of benzene rings is 1. The minimum Gasteiger partial charge on any atom is -0.445 e. The van der Waals surface area contributed by atoms with E-state index >= 15 is 0 Å². The van der Waals surface area contributed by atoms with Crippen molar-refractivity contribution in [3.05, 3.63) is 35.9 Å². The Balaban J connectivity index is 1.58. The van der Waals surface area contributed by atoms with Gasteiger partial charge in [-0.25, -0.2) is 4.79 Å². The average molecular weight is 318 g/mol. The zero-order valence-electron chi connectivity index (χ0n) is 14.8. The van der Waals surface area contributed by atoms with Gasteiger partial charge in [0.1, 0.15) is 6.61 Å². The van der Waals surface area contributed by atoms with Crippen LogP contribution >= 0.6 is 0 Å². The molecule has 1 aliphatic rings. The molecule has 128 valence electrons. The molecule has 1 aliphatic carbocycles. The van der Waals surface area contributed by atoms with E-state index in [2.05, 4.69) is 38.3 Å². The van der Waals surface area contributed by atoms with Gasteiger partial charge in [0, 0.05) is 12.1 Å². The fourth-order valence-corrected chi connectivity index (χ4v) is 2.48. The normalized spacial score (nSPS) is 22.1. The van der Waals surface area contributed by atoms with Crippen LogP contribution in [-0.2, 0) is 11.3 Å². The molecule has 1 aromatic rings. The Bertz CT molecular complexity index is 490. The number of carbonyl (C=O) groups is 1. The summed E-state index contributed by atoms with van der Waals surface area (Å²) in [6, 6.07) is 10.5. The third-order valence-electron chi connectivity index (χ3n) is 4.86. The summed E-state index contributed by atoms with van der Waals surface area (Å²) in [4.78, 5) is 11.8. The van der Waals surface area contributed by atoms with Crippen LogP contribution in [0.4, 0.5) is 4.79 Å². The van der Waals surface area contributed by atoms with Crippen molar-refractivity contribution in [3.8, 4) is 0 Å². The second-order valence-electron chi connectivity index (χ2n) is 7.75. The number of carbonyl (C=O) groups excluding carboxylic acids is 1. The van der Waals surface area contributed by atoms with E-state index in [4.69, 9.17) is 4.74 Å². The molecule has 1 amide bonds. The molecule has 0 spiro atoms. The van der Waals surface area contributed by atoms with E-state index in [0.717, 1.165) is 24.9 Å². The lowest BCUT2D eigenvalue weighted by molar-refractivity contribution is 0.124. The number of amides is 1. The Labute approximate surface area is 140 Å². The molecule has 0 aromatic heterocycles. The summed E-state index contributed by atoms with van der Waals surface area (Å²) < 4.78 is 5.24. The maximum Gasteiger partial charge on any atom is 0.407 e. The smallest absolute Gasteiger partial charge is 0.407 e. The van der Waals surface area contributed by atoms with E-state index in [1.54, 1.807) is 0 Å². The first-order valence-corrected chi connectivity index (χ1v) is 8.55. The van der Waals surface area contributed by atoms with E-state index in [0.29, 0.717) is 24.0 Å². The molecule has 2 N–H and O–H groups in total. The highest BCUT2D eigenvalue weighted by atomic mass is 16.5. The van der Waals surface area contributed by atoms with E-state index in [1.165, 1.54) is 0 Å². The number of hydrogen-bond acceptors (Lipinski definition) is 3. The topological polar surface area (TPSA) is 50.4 Å². The van der Waals surface area contributed by atoms with Gasteiger partial charge in [-0.2, -0.15) is 0 Å². The van der Waals surface area contributed by atoms with Gasteiger partial charge in [-0.05, 0) is 36.3 Å². The molecule has 1 unspecified atom stereocenters. The quantitative estimate of drug-likeness (QED) is 0.840. The summed E-state index contributed by atoms with van der Waals surface area (Å²) in [6.07, 6.45) is 1.65. The van der Waals surface area contributed by atoms with Crippen molar-refractivity contribution in [2.75, 3.05) is 6.54 Å². The Kier molecular flexibility index (Phi) is 6.05. The van der Waals surface area contributed by atoms with Crippen molar-refractivity contribution in [2.45, 2.75) is 59.2 Å². The largest absolute Gasteiger partial charge is 0.445 e. The molecule has 2 rings (SSSR count). The van der Waals surface area contributed by atoms with Crippen molar-refractivity contribution in [2.24, 2.45) is 11.3 Å². The highest BCUT2D eigenvalue weighted by molar-refractivity contribution is 5.67. The molecule has 0 radical (unpaired) electrons. The predicted octanol–water partition coefficient (Wildman–Crippen LogP) is 3.72. The zero-order chi connectivity index (χ0) is 16.9. The summed E-state index contributed by atoms with van der Waals surface area (Å²) >= 11 is 0. The number of nitrogens with one attached hydrogen (secondary N) is 2. The summed E-state index contributed by atoms with van der Waals surface area (Å²) in [5.41, 5.74) is 1.34. The van der Waals surface area contributed by atoms with Gasteiger partial charge in [-0.15, -0.1) is 0 Å². The van der Waals surface area contributed by atoms with Crippen LogP contribution < -0.4 is 10.6 Å². The maximum atomic E-state index is 11.8. The third-order valence-corrected chi connectivity index (χ3v) is 4.86. The summed E-state index contributed by atoms with van der Waals surface area (Å²) in [5.74, 6) is 0.630. The molecule has 0 aliphatic heterocycles. The Morgan fingerprint density at radius 1 is 1.22 bits per heavy atom. The van der Waals surface area contributed by atoms with Gasteiger partial charge >= 0.3 is 6.09 Å². The van der Waals surface area contributed by atoms with Gasteiger partial charge in [-0.1, -0.05) is 58.0 Å². The zero-order valence-corrected chi connectivity index (χ0v) is 14.8. The molecule has 0 bridgehead atoms. The Morgan fingerprint density at radius 3 is 2.48 bits per heavy atom. The van der Waals surface area contributed by atoms with E-state index in [1.807, 2.05) is 30.3 Å². The third kappa shape index (κ3) is 5.87. The van der Waals surface area contributed by atoms with E-state index in [-0.39, 0.29) is 12.1 Å². The van der Waals surface area contributed by atoms with E-state index in [9.17, 15) is 4.79 Å². The summed E-state index contributed by atoms with van der Waals surface area (Å²) in [5, 5.41) is 6.53. The van der Waals surface area contributed by atoms with E-state index < -0.39 is 0 Å². The first-order chi connectivity index (χ1) is 10.8. The minimum absolute atomic E-state index is 0.237. The van der Waals surface area contributed by atoms with Gasteiger partial charge in [0.25, 0.3) is 0 Å². The minimum atomic E-state index is -0.319. The fraction of sp³-hybridized carbons (Fsp3) is 0.632. The van der Waals surface area contributed by atoms with Crippen LogP contribution in [0.3, 0.4) is 0 Å². The molecule has 1 saturated carbocycles. The second-order valence-corrected chi connectivity index (χ2v) is 7.75. The Morgan fingerprint density at radius 2 is 1.87 bits per heavy atom. The van der Waals surface area contributed by atoms with Crippen molar-refractivity contribution in [1.29, 1.82) is 0 Å². The Hall–Kier alpha value is -1.55. The molecule has 1 aromatic carbocycles. The molecule has 4 heteroatoms. The predicted molar refractivity (Wildman–Crippen MR) is 93.2 cm³/mol. The number of hydrogen-bond donors (Lipinski definition) is 2. The van der Waals surface area contributed by atoms with Crippen molar-refractivity contribution < 1.29 is 9.53 Å².